The Morgan fingerprint density at radius 2 is 2.28 bits per heavy atom. The van der Waals surface area contributed by atoms with E-state index < -0.39 is 0 Å². The number of hydrogen-bond donors (Lipinski definition) is 1. The summed E-state index contributed by atoms with van der Waals surface area (Å²) in [5.74, 6) is 0.578. The molecule has 2 rings (SSSR count). The number of hydrogen-bond acceptors (Lipinski definition) is 3. The van der Waals surface area contributed by atoms with Crippen molar-refractivity contribution in [2.24, 2.45) is 5.73 Å². The van der Waals surface area contributed by atoms with Gasteiger partial charge in [-0.3, -0.25) is 0 Å². The van der Waals surface area contributed by atoms with E-state index in [1.54, 1.807) is 0 Å². The molecule has 100 valence electrons. The Bertz CT molecular complexity index is 395. The number of anilines is 1. The van der Waals surface area contributed by atoms with E-state index in [9.17, 15) is 4.39 Å². The number of aromatic nitrogens is 1. The Balaban J connectivity index is 2.32. The van der Waals surface area contributed by atoms with E-state index in [-0.39, 0.29) is 5.82 Å². The fraction of sp³-hybridized carbons (Fsp3) is 0.643. The fourth-order valence-corrected chi connectivity index (χ4v) is 2.76. The molecule has 1 aromatic heterocycles. The van der Waals surface area contributed by atoms with Gasteiger partial charge in [-0.05, 0) is 25.3 Å². The number of pyridine rings is 1. The van der Waals surface area contributed by atoms with E-state index >= 15 is 0 Å². The molecule has 1 aliphatic heterocycles. The molecule has 0 bridgehead atoms. The Morgan fingerprint density at radius 3 is 3.00 bits per heavy atom. The maximum absolute atomic E-state index is 13.2. The van der Waals surface area contributed by atoms with Crippen molar-refractivity contribution in [1.82, 2.24) is 4.98 Å². The third-order valence-electron chi connectivity index (χ3n) is 3.75. The number of halogens is 1. The van der Waals surface area contributed by atoms with Gasteiger partial charge < -0.3 is 10.6 Å². The molecule has 0 spiro atoms. The molecule has 1 fully saturated rings. The van der Waals surface area contributed by atoms with Crippen LogP contribution in [0.5, 0.6) is 0 Å². The van der Waals surface area contributed by atoms with E-state index in [1.165, 1.54) is 37.9 Å². The SMILES string of the molecule is CCC1CCCCCN1c1ncc(F)cc1CN. The molecule has 1 unspecified atom stereocenters. The molecule has 3 nitrogen and oxygen atoms in total. The lowest BCUT2D eigenvalue weighted by Crippen LogP contribution is -2.36. The van der Waals surface area contributed by atoms with Crippen LogP contribution in [0.25, 0.3) is 0 Å². The van der Waals surface area contributed by atoms with Gasteiger partial charge >= 0.3 is 0 Å². The molecule has 2 N–H and O–H groups in total. The Hall–Kier alpha value is -1.16. The van der Waals surface area contributed by atoms with E-state index in [1.807, 2.05) is 0 Å². The molecule has 18 heavy (non-hydrogen) atoms. The molecular formula is C14H22FN3. The largest absolute Gasteiger partial charge is 0.353 e. The quantitative estimate of drug-likeness (QED) is 0.898. The smallest absolute Gasteiger partial charge is 0.141 e. The molecule has 1 aliphatic rings. The summed E-state index contributed by atoms with van der Waals surface area (Å²) in [6.45, 7) is 3.55. The first-order chi connectivity index (χ1) is 8.76. The number of nitrogens with two attached hydrogens (primary N) is 1. The highest BCUT2D eigenvalue weighted by atomic mass is 19.1. The first-order valence-corrected chi connectivity index (χ1v) is 6.87. The first-order valence-electron chi connectivity index (χ1n) is 6.87. The van der Waals surface area contributed by atoms with Gasteiger partial charge in [0.2, 0.25) is 0 Å². The molecule has 0 amide bonds. The summed E-state index contributed by atoms with van der Waals surface area (Å²) in [6.07, 6.45) is 7.31. The van der Waals surface area contributed by atoms with E-state index in [2.05, 4.69) is 16.8 Å². The van der Waals surface area contributed by atoms with Crippen LogP contribution in [0.15, 0.2) is 12.3 Å². The minimum Gasteiger partial charge on any atom is -0.353 e. The average Bonchev–Trinajstić information content (AvgIpc) is 2.63. The molecule has 0 aromatic carbocycles. The third-order valence-corrected chi connectivity index (χ3v) is 3.75. The fourth-order valence-electron chi connectivity index (χ4n) is 2.76. The van der Waals surface area contributed by atoms with Crippen molar-refractivity contribution in [3.8, 4) is 0 Å². The highest BCUT2D eigenvalue weighted by Crippen LogP contribution is 2.27. The molecule has 0 aliphatic carbocycles. The van der Waals surface area contributed by atoms with Crippen molar-refractivity contribution in [3.05, 3.63) is 23.6 Å². The minimum atomic E-state index is -0.304. The van der Waals surface area contributed by atoms with Gasteiger partial charge in [-0.15, -0.1) is 0 Å². The highest BCUT2D eigenvalue weighted by Gasteiger charge is 2.22. The topological polar surface area (TPSA) is 42.2 Å². The van der Waals surface area contributed by atoms with Crippen LogP contribution in [0.3, 0.4) is 0 Å². The van der Waals surface area contributed by atoms with Crippen molar-refractivity contribution < 1.29 is 4.39 Å². The second kappa shape index (κ2) is 6.14. The summed E-state index contributed by atoms with van der Waals surface area (Å²) < 4.78 is 13.2. The highest BCUT2D eigenvalue weighted by molar-refractivity contribution is 5.48. The molecule has 0 radical (unpaired) electrons. The summed E-state index contributed by atoms with van der Waals surface area (Å²) in [5, 5.41) is 0. The lowest BCUT2D eigenvalue weighted by Gasteiger charge is -2.31. The van der Waals surface area contributed by atoms with E-state index in [4.69, 9.17) is 5.73 Å². The van der Waals surface area contributed by atoms with Crippen LogP contribution in [-0.4, -0.2) is 17.6 Å². The van der Waals surface area contributed by atoms with Gasteiger partial charge in [-0.25, -0.2) is 9.37 Å². The third kappa shape index (κ3) is 2.80. The van der Waals surface area contributed by atoms with Gasteiger partial charge in [0.15, 0.2) is 0 Å². The summed E-state index contributed by atoms with van der Waals surface area (Å²) in [6, 6.07) is 2.02. The van der Waals surface area contributed by atoms with Crippen LogP contribution < -0.4 is 10.6 Å². The molecular weight excluding hydrogens is 229 g/mol. The molecule has 2 heterocycles. The van der Waals surface area contributed by atoms with Crippen molar-refractivity contribution in [3.63, 3.8) is 0 Å². The standard InChI is InChI=1S/C14H22FN3/c1-2-13-6-4-3-5-7-18(13)14-11(9-16)8-12(15)10-17-14/h8,10,13H,2-7,9,16H2,1H3. The minimum absolute atomic E-state index is 0.304. The van der Waals surface area contributed by atoms with Crippen LogP contribution in [0.4, 0.5) is 10.2 Å². The van der Waals surface area contributed by atoms with E-state index in [0.717, 1.165) is 24.3 Å². The van der Waals surface area contributed by atoms with Crippen LogP contribution in [0, 0.1) is 5.82 Å². The van der Waals surface area contributed by atoms with Crippen LogP contribution in [0.1, 0.15) is 44.6 Å². The van der Waals surface area contributed by atoms with Gasteiger partial charge in [-0.1, -0.05) is 19.8 Å². The van der Waals surface area contributed by atoms with Crippen molar-refractivity contribution in [1.29, 1.82) is 0 Å². The predicted octanol–water partition coefficient (Wildman–Crippen LogP) is 2.84. The van der Waals surface area contributed by atoms with Crippen LogP contribution >= 0.6 is 0 Å². The van der Waals surface area contributed by atoms with Crippen LogP contribution in [0.2, 0.25) is 0 Å². The zero-order chi connectivity index (χ0) is 13.0. The summed E-state index contributed by atoms with van der Waals surface area (Å²) in [5.41, 5.74) is 6.53. The Labute approximate surface area is 108 Å². The maximum Gasteiger partial charge on any atom is 0.141 e. The second-order valence-corrected chi connectivity index (χ2v) is 4.95. The van der Waals surface area contributed by atoms with Crippen molar-refractivity contribution in [2.75, 3.05) is 11.4 Å². The van der Waals surface area contributed by atoms with Gasteiger partial charge in [0.1, 0.15) is 11.6 Å². The first kappa shape index (κ1) is 13.3. The summed E-state index contributed by atoms with van der Waals surface area (Å²) in [4.78, 5) is 6.61. The molecule has 1 atom stereocenters. The summed E-state index contributed by atoms with van der Waals surface area (Å²) >= 11 is 0. The summed E-state index contributed by atoms with van der Waals surface area (Å²) in [7, 11) is 0. The van der Waals surface area contributed by atoms with Crippen LogP contribution in [-0.2, 0) is 6.54 Å². The molecule has 0 saturated carbocycles. The number of nitrogens with zero attached hydrogens (tertiary/aromatic N) is 2. The van der Waals surface area contributed by atoms with Crippen molar-refractivity contribution >= 4 is 5.82 Å². The lowest BCUT2D eigenvalue weighted by molar-refractivity contribution is 0.548. The molecule has 1 aromatic rings. The maximum atomic E-state index is 13.2. The lowest BCUT2D eigenvalue weighted by atomic mass is 10.1. The zero-order valence-electron chi connectivity index (χ0n) is 11.0. The van der Waals surface area contributed by atoms with Crippen molar-refractivity contribution in [2.45, 2.75) is 51.6 Å². The monoisotopic (exact) mass is 251 g/mol. The predicted molar refractivity (Wildman–Crippen MR) is 72.0 cm³/mol. The average molecular weight is 251 g/mol. The Kier molecular flexibility index (Phi) is 4.53. The molecule has 1 saturated heterocycles. The molecule has 4 heteroatoms. The Morgan fingerprint density at radius 1 is 1.44 bits per heavy atom. The normalized spacial score (nSPS) is 20.8. The number of rotatable bonds is 3. The van der Waals surface area contributed by atoms with Gasteiger partial charge in [0.05, 0.1) is 6.20 Å². The van der Waals surface area contributed by atoms with Gasteiger partial charge in [0.25, 0.3) is 0 Å². The van der Waals surface area contributed by atoms with E-state index in [0.29, 0.717) is 12.6 Å². The van der Waals surface area contributed by atoms with Gasteiger partial charge in [0, 0.05) is 24.7 Å². The van der Waals surface area contributed by atoms with Gasteiger partial charge in [-0.2, -0.15) is 0 Å². The zero-order valence-corrected chi connectivity index (χ0v) is 11.0. The second-order valence-electron chi connectivity index (χ2n) is 4.95.